The normalized spacial score (nSPS) is 12.7. The molecule has 0 rings (SSSR count). The molecular weight excluding hydrogens is 981 g/mol. The number of ether oxygens (including phenoxy) is 2. The second kappa shape index (κ2) is 70.3. The summed E-state index contributed by atoms with van der Waals surface area (Å²) in [5.74, 6) is -0.574. The van der Waals surface area contributed by atoms with Crippen molar-refractivity contribution in [1.82, 2.24) is 0 Å². The van der Waals surface area contributed by atoms with Gasteiger partial charge in [-0.1, -0.05) is 343 Å². The number of aliphatic hydroxyl groups excluding tert-OH is 1. The van der Waals surface area contributed by atoms with Gasteiger partial charge in [0.15, 0.2) is 6.10 Å². The molecule has 0 bridgehead atoms. The summed E-state index contributed by atoms with van der Waals surface area (Å²) in [7, 11) is 0. The third kappa shape index (κ3) is 67.6. The van der Waals surface area contributed by atoms with E-state index in [-0.39, 0.29) is 25.2 Å². The minimum Gasteiger partial charge on any atom is -0.462 e. The maximum absolute atomic E-state index is 12.4. The Kier molecular flexibility index (Phi) is 67.8. The van der Waals surface area contributed by atoms with E-state index in [1.165, 1.54) is 257 Å². The van der Waals surface area contributed by atoms with Crippen molar-refractivity contribution >= 4 is 11.9 Å². The monoisotopic (exact) mass is 1120 g/mol. The van der Waals surface area contributed by atoms with Gasteiger partial charge in [-0.25, -0.2) is 0 Å². The zero-order valence-corrected chi connectivity index (χ0v) is 53.3. The molecule has 80 heavy (non-hydrogen) atoms. The molecule has 1 N–H and O–H groups in total. The zero-order valence-electron chi connectivity index (χ0n) is 53.3. The van der Waals surface area contributed by atoms with Crippen molar-refractivity contribution < 1.29 is 24.2 Å². The Morgan fingerprint density at radius 3 is 0.812 bits per heavy atom. The van der Waals surface area contributed by atoms with E-state index in [2.05, 4.69) is 98.9 Å². The fourth-order valence-electron chi connectivity index (χ4n) is 10.4. The first-order chi connectivity index (χ1) is 39.6. The first-order valence-electron chi connectivity index (χ1n) is 35.1. The number of carbonyl (C=O) groups is 2. The van der Waals surface area contributed by atoms with Crippen molar-refractivity contribution in [2.24, 2.45) is 0 Å². The summed E-state index contributed by atoms with van der Waals surface area (Å²) in [6.45, 7) is 4.06. The average Bonchev–Trinajstić information content (AvgIpc) is 3.46. The highest BCUT2D eigenvalue weighted by Gasteiger charge is 2.16. The quantitative estimate of drug-likeness (QED) is 0.0373. The van der Waals surface area contributed by atoms with Crippen LogP contribution in [0.1, 0.15) is 361 Å². The summed E-state index contributed by atoms with van der Waals surface area (Å²) in [5.41, 5.74) is 0. The molecule has 0 fully saturated rings. The van der Waals surface area contributed by atoms with Crippen molar-refractivity contribution in [3.05, 3.63) is 85.1 Å². The molecule has 0 spiro atoms. The fraction of sp³-hybridized carbons (Fsp3) is 0.787. The fourth-order valence-corrected chi connectivity index (χ4v) is 10.4. The smallest absolute Gasteiger partial charge is 0.306 e. The van der Waals surface area contributed by atoms with Crippen LogP contribution in [0.5, 0.6) is 0 Å². The molecule has 0 aliphatic carbocycles. The SMILES string of the molecule is CC/C=C\C/C=C\C/C=C\C/C=C\CCCCCCCCCCCCCCCCCCC(=O)OC(CO)COC(=O)CCCCCCCCCCCCCCCCCCCCCCCC/C=C\C/C=C\C/C=C\CCCCCCC. The minimum absolute atomic E-state index is 0.0636. The van der Waals surface area contributed by atoms with Crippen LogP contribution in [0.3, 0.4) is 0 Å². The van der Waals surface area contributed by atoms with Gasteiger partial charge in [0.05, 0.1) is 6.61 Å². The zero-order chi connectivity index (χ0) is 57.6. The summed E-state index contributed by atoms with van der Waals surface area (Å²) in [4.78, 5) is 24.7. The van der Waals surface area contributed by atoms with Crippen LogP contribution in [0, 0.1) is 0 Å². The molecule has 1 atom stereocenters. The molecule has 5 nitrogen and oxygen atoms in total. The van der Waals surface area contributed by atoms with E-state index in [1.54, 1.807) is 0 Å². The Labute approximate surface area is 498 Å². The van der Waals surface area contributed by atoms with Gasteiger partial charge in [0, 0.05) is 12.8 Å². The predicted molar refractivity (Wildman–Crippen MR) is 353 cm³/mol. The van der Waals surface area contributed by atoms with Gasteiger partial charge in [0.1, 0.15) is 6.61 Å². The highest BCUT2D eigenvalue weighted by Crippen LogP contribution is 2.18. The number of hydrogen-bond acceptors (Lipinski definition) is 5. The average molecular weight is 1120 g/mol. The minimum atomic E-state index is -0.775. The van der Waals surface area contributed by atoms with Crippen LogP contribution >= 0.6 is 0 Å². The largest absolute Gasteiger partial charge is 0.462 e. The molecule has 5 heteroatoms. The van der Waals surface area contributed by atoms with Gasteiger partial charge in [-0.15, -0.1) is 0 Å². The van der Waals surface area contributed by atoms with Gasteiger partial charge in [0.2, 0.25) is 0 Å². The first-order valence-corrected chi connectivity index (χ1v) is 35.1. The molecule has 464 valence electrons. The van der Waals surface area contributed by atoms with E-state index in [4.69, 9.17) is 9.47 Å². The number of esters is 2. The number of hydrogen-bond donors (Lipinski definition) is 1. The number of unbranched alkanes of at least 4 members (excludes halogenated alkanes) is 43. The summed E-state index contributed by atoms with van der Waals surface area (Å²) in [6, 6.07) is 0. The number of aliphatic hydroxyl groups is 1. The molecule has 0 amide bonds. The number of rotatable bonds is 65. The Morgan fingerprint density at radius 1 is 0.300 bits per heavy atom. The van der Waals surface area contributed by atoms with E-state index in [1.807, 2.05) is 0 Å². The highest BCUT2D eigenvalue weighted by molar-refractivity contribution is 5.70. The first kappa shape index (κ1) is 77.1. The summed E-state index contributed by atoms with van der Waals surface area (Å²) < 4.78 is 10.8. The molecule has 0 radical (unpaired) electrons. The predicted octanol–water partition coefficient (Wildman–Crippen LogP) is 24.4. The lowest BCUT2D eigenvalue weighted by molar-refractivity contribution is -0.161. The molecule has 1 unspecified atom stereocenters. The van der Waals surface area contributed by atoms with Crippen LogP contribution in [-0.4, -0.2) is 36.4 Å². The van der Waals surface area contributed by atoms with Crippen molar-refractivity contribution in [3.8, 4) is 0 Å². The van der Waals surface area contributed by atoms with Gasteiger partial charge in [0.25, 0.3) is 0 Å². The van der Waals surface area contributed by atoms with Crippen molar-refractivity contribution in [2.75, 3.05) is 13.2 Å². The Hall–Kier alpha value is -2.92. The molecule has 0 aromatic carbocycles. The summed E-state index contributed by atoms with van der Waals surface area (Å²) >= 11 is 0. The van der Waals surface area contributed by atoms with E-state index >= 15 is 0 Å². The second-order valence-electron chi connectivity index (χ2n) is 23.6. The van der Waals surface area contributed by atoms with Crippen molar-refractivity contribution in [1.29, 1.82) is 0 Å². The van der Waals surface area contributed by atoms with Crippen molar-refractivity contribution in [3.63, 3.8) is 0 Å². The Balaban J connectivity index is 3.41. The molecule has 0 saturated heterocycles. The molecule has 0 aliphatic heterocycles. The van der Waals surface area contributed by atoms with E-state index in [0.29, 0.717) is 12.8 Å². The maximum Gasteiger partial charge on any atom is 0.306 e. The number of allylic oxidation sites excluding steroid dienone is 14. The maximum atomic E-state index is 12.4. The third-order valence-electron chi connectivity index (χ3n) is 15.7. The van der Waals surface area contributed by atoms with Gasteiger partial charge in [-0.05, 0) is 89.9 Å². The highest BCUT2D eigenvalue weighted by atomic mass is 16.6. The molecular formula is C75H134O5. The lowest BCUT2D eigenvalue weighted by Crippen LogP contribution is -2.28. The molecule has 0 heterocycles. The number of carbonyl (C=O) groups excluding carboxylic acids is 2. The van der Waals surface area contributed by atoms with E-state index in [0.717, 1.165) is 77.0 Å². The topological polar surface area (TPSA) is 72.8 Å². The van der Waals surface area contributed by atoms with Crippen LogP contribution in [0.15, 0.2) is 85.1 Å². The van der Waals surface area contributed by atoms with Crippen molar-refractivity contribution in [2.45, 2.75) is 367 Å². The van der Waals surface area contributed by atoms with Crippen LogP contribution in [0.2, 0.25) is 0 Å². The lowest BCUT2D eigenvalue weighted by Gasteiger charge is -2.15. The van der Waals surface area contributed by atoms with Crippen LogP contribution in [0.25, 0.3) is 0 Å². The standard InChI is InChI=1S/C75H134O5/c1-3-5-7-9-11-13-15-17-19-21-23-25-27-29-31-33-34-35-36-37-38-39-40-42-43-45-47-49-51-53-55-57-59-61-63-65-67-69-74(77)79-72-73(71-76)80-75(78)70-68-66-64-62-60-58-56-54-52-50-48-46-44-41-32-30-28-26-24-22-20-18-16-14-12-10-8-6-4-2/h6,8,12,14-15,17-18,20-21,23-24,26-27,29,73,76H,3-5,7,9-11,13,16,19,22,25,28,30-72H2,1-2H3/b8-6-,14-12-,17-15-,20-18-,23-21-,26-24-,29-27-. The Bertz CT molecular complexity index is 1450. The Morgan fingerprint density at radius 2 is 0.537 bits per heavy atom. The second-order valence-corrected chi connectivity index (χ2v) is 23.6. The van der Waals surface area contributed by atoms with Crippen LogP contribution < -0.4 is 0 Å². The third-order valence-corrected chi connectivity index (χ3v) is 15.7. The van der Waals surface area contributed by atoms with Crippen LogP contribution in [-0.2, 0) is 19.1 Å². The molecule has 0 aromatic heterocycles. The molecule has 0 aromatic rings. The molecule has 0 aliphatic rings. The molecule has 0 saturated carbocycles. The van der Waals surface area contributed by atoms with Gasteiger partial charge < -0.3 is 14.6 Å². The van der Waals surface area contributed by atoms with E-state index in [9.17, 15) is 14.7 Å². The lowest BCUT2D eigenvalue weighted by atomic mass is 10.0. The van der Waals surface area contributed by atoms with E-state index < -0.39 is 6.10 Å². The van der Waals surface area contributed by atoms with Gasteiger partial charge in [-0.3, -0.25) is 9.59 Å². The summed E-state index contributed by atoms with van der Waals surface area (Å²) in [5, 5.41) is 9.70. The van der Waals surface area contributed by atoms with Gasteiger partial charge in [-0.2, -0.15) is 0 Å². The summed E-state index contributed by atoms with van der Waals surface area (Å²) in [6.07, 6.45) is 99.1. The van der Waals surface area contributed by atoms with Crippen LogP contribution in [0.4, 0.5) is 0 Å². The van der Waals surface area contributed by atoms with Gasteiger partial charge >= 0.3 is 11.9 Å².